The number of nitrogens with zero attached hydrogens (tertiary/aromatic N) is 4. The molecule has 136 valence electrons. The van der Waals surface area contributed by atoms with Crippen molar-refractivity contribution in [2.75, 3.05) is 27.9 Å². The quantitative estimate of drug-likeness (QED) is 0.650. The van der Waals surface area contributed by atoms with Crippen molar-refractivity contribution >= 4 is 0 Å². The Balaban J connectivity index is 1.98. The molecule has 26 heavy (non-hydrogen) atoms. The smallest absolute Gasteiger partial charge is 0.181 e. The first-order valence-corrected chi connectivity index (χ1v) is 8.50. The molecule has 3 rings (SSSR count). The molecule has 1 aromatic heterocycles. The van der Waals surface area contributed by atoms with Gasteiger partial charge in [0.1, 0.15) is 12.4 Å². The summed E-state index contributed by atoms with van der Waals surface area (Å²) < 4.78 is 19.8. The number of halogens is 1. The molecule has 0 N–H and O–H groups in total. The molecule has 0 spiro atoms. The van der Waals surface area contributed by atoms with Crippen molar-refractivity contribution < 1.29 is 9.13 Å². The number of aromatic nitrogens is 3. The molecule has 0 saturated carbocycles. The van der Waals surface area contributed by atoms with Gasteiger partial charge in [0.25, 0.3) is 0 Å². The van der Waals surface area contributed by atoms with E-state index in [-0.39, 0.29) is 6.54 Å². The number of ether oxygens (including phenoxy) is 1. The van der Waals surface area contributed by atoms with Gasteiger partial charge in [-0.05, 0) is 50.0 Å². The molecule has 0 aliphatic carbocycles. The van der Waals surface area contributed by atoms with E-state index in [0.717, 1.165) is 23.4 Å². The van der Waals surface area contributed by atoms with Gasteiger partial charge < -0.3 is 9.64 Å². The molecule has 0 atom stereocenters. The summed E-state index contributed by atoms with van der Waals surface area (Å²) >= 11 is 0. The largest absolute Gasteiger partial charge is 0.497 e. The summed E-state index contributed by atoms with van der Waals surface area (Å²) in [6.45, 7) is 0.517. The number of methoxy groups -OCH3 is 1. The fourth-order valence-corrected chi connectivity index (χ4v) is 2.83. The van der Waals surface area contributed by atoms with E-state index >= 15 is 0 Å². The lowest BCUT2D eigenvalue weighted by Gasteiger charge is -2.09. The van der Waals surface area contributed by atoms with E-state index in [9.17, 15) is 4.39 Å². The van der Waals surface area contributed by atoms with Crippen molar-refractivity contribution in [1.29, 1.82) is 0 Å². The van der Waals surface area contributed by atoms with Crippen molar-refractivity contribution in [1.82, 2.24) is 19.7 Å². The van der Waals surface area contributed by atoms with E-state index < -0.39 is 6.67 Å². The predicted molar refractivity (Wildman–Crippen MR) is 101 cm³/mol. The fourth-order valence-electron chi connectivity index (χ4n) is 2.83. The Hall–Kier alpha value is -2.73. The van der Waals surface area contributed by atoms with E-state index in [1.54, 1.807) is 11.8 Å². The zero-order chi connectivity index (χ0) is 18.5. The highest BCUT2D eigenvalue weighted by atomic mass is 19.1. The number of rotatable bonds is 7. The number of alkyl halides is 1. The monoisotopic (exact) mass is 354 g/mol. The first kappa shape index (κ1) is 18.1. The molecule has 0 saturated heterocycles. The van der Waals surface area contributed by atoms with E-state index in [1.807, 2.05) is 50.5 Å². The Morgan fingerprint density at radius 1 is 1.08 bits per heavy atom. The third-order valence-corrected chi connectivity index (χ3v) is 4.00. The van der Waals surface area contributed by atoms with Crippen LogP contribution in [0.2, 0.25) is 0 Å². The first-order valence-electron chi connectivity index (χ1n) is 8.50. The molecule has 5 nitrogen and oxygen atoms in total. The third-order valence-electron chi connectivity index (χ3n) is 4.00. The van der Waals surface area contributed by atoms with Crippen LogP contribution in [0.5, 0.6) is 5.75 Å². The van der Waals surface area contributed by atoms with Crippen LogP contribution in [-0.4, -0.2) is 47.5 Å². The van der Waals surface area contributed by atoms with E-state index in [2.05, 4.69) is 27.1 Å². The SMILES string of the molecule is COc1ccc(-c2nc(-c3cccc(CN(C)C)c3)nn2CCF)cc1. The lowest BCUT2D eigenvalue weighted by molar-refractivity contribution is 0.402. The fraction of sp³-hybridized carbons (Fsp3) is 0.300. The highest BCUT2D eigenvalue weighted by Crippen LogP contribution is 2.25. The van der Waals surface area contributed by atoms with Crippen LogP contribution in [0, 0.1) is 0 Å². The van der Waals surface area contributed by atoms with Gasteiger partial charge in [0.15, 0.2) is 11.6 Å². The molecule has 0 bridgehead atoms. The second-order valence-corrected chi connectivity index (χ2v) is 6.34. The van der Waals surface area contributed by atoms with Crippen molar-refractivity contribution in [3.63, 3.8) is 0 Å². The van der Waals surface area contributed by atoms with Crippen molar-refractivity contribution in [3.05, 3.63) is 54.1 Å². The summed E-state index contributed by atoms with van der Waals surface area (Å²) in [4.78, 5) is 6.78. The van der Waals surface area contributed by atoms with E-state index in [1.165, 1.54) is 5.56 Å². The summed E-state index contributed by atoms with van der Waals surface area (Å²) in [6.07, 6.45) is 0. The van der Waals surface area contributed by atoms with Crippen LogP contribution < -0.4 is 4.74 Å². The van der Waals surface area contributed by atoms with Crippen LogP contribution in [0.1, 0.15) is 5.56 Å². The number of hydrogen-bond acceptors (Lipinski definition) is 4. The van der Waals surface area contributed by atoms with Crippen molar-refractivity contribution in [2.45, 2.75) is 13.1 Å². The van der Waals surface area contributed by atoms with E-state index in [4.69, 9.17) is 4.74 Å². The lowest BCUT2D eigenvalue weighted by atomic mass is 10.1. The van der Waals surface area contributed by atoms with Gasteiger partial charge in [-0.1, -0.05) is 18.2 Å². The van der Waals surface area contributed by atoms with Gasteiger partial charge in [0, 0.05) is 17.7 Å². The van der Waals surface area contributed by atoms with Gasteiger partial charge in [-0.2, -0.15) is 5.10 Å². The molecule has 0 aliphatic heterocycles. The Morgan fingerprint density at radius 3 is 2.50 bits per heavy atom. The summed E-state index contributed by atoms with van der Waals surface area (Å²) in [7, 11) is 5.69. The Morgan fingerprint density at radius 2 is 1.85 bits per heavy atom. The van der Waals surface area contributed by atoms with Gasteiger partial charge in [-0.25, -0.2) is 14.1 Å². The number of benzene rings is 2. The molecular formula is C20H23FN4O. The zero-order valence-corrected chi connectivity index (χ0v) is 15.3. The highest BCUT2D eigenvalue weighted by Gasteiger charge is 2.14. The second-order valence-electron chi connectivity index (χ2n) is 6.34. The lowest BCUT2D eigenvalue weighted by Crippen LogP contribution is -2.10. The van der Waals surface area contributed by atoms with E-state index in [0.29, 0.717) is 11.6 Å². The molecule has 0 unspecified atom stereocenters. The standard InChI is InChI=1S/C20H23FN4O/c1-24(2)14-15-5-4-6-17(13-15)19-22-20(25(23-19)12-11-21)16-7-9-18(26-3)10-8-16/h4-10,13H,11-12,14H2,1-3H3. The van der Waals surface area contributed by atoms with Gasteiger partial charge in [-0.15, -0.1) is 0 Å². The average molecular weight is 354 g/mol. The number of hydrogen-bond donors (Lipinski definition) is 0. The van der Waals surface area contributed by atoms with Crippen LogP contribution in [0.15, 0.2) is 48.5 Å². The second kappa shape index (κ2) is 8.10. The molecular weight excluding hydrogens is 331 g/mol. The van der Waals surface area contributed by atoms with Crippen LogP contribution in [0.4, 0.5) is 4.39 Å². The van der Waals surface area contributed by atoms with Crippen LogP contribution in [0.25, 0.3) is 22.8 Å². The normalized spacial score (nSPS) is 11.1. The summed E-state index contributed by atoms with van der Waals surface area (Å²) in [5.74, 6) is 2.02. The molecule has 0 radical (unpaired) electrons. The third kappa shape index (κ3) is 4.08. The summed E-state index contributed by atoms with van der Waals surface area (Å²) in [5.41, 5.74) is 2.99. The van der Waals surface area contributed by atoms with Crippen molar-refractivity contribution in [3.8, 4) is 28.5 Å². The summed E-state index contributed by atoms with van der Waals surface area (Å²) in [5, 5.41) is 4.53. The topological polar surface area (TPSA) is 43.2 Å². The minimum absolute atomic E-state index is 0.172. The maximum Gasteiger partial charge on any atom is 0.181 e. The number of aryl methyl sites for hydroxylation is 1. The highest BCUT2D eigenvalue weighted by molar-refractivity contribution is 5.62. The Labute approximate surface area is 153 Å². The molecule has 1 heterocycles. The maximum atomic E-state index is 13.0. The molecule has 2 aromatic carbocycles. The molecule has 6 heteroatoms. The van der Waals surface area contributed by atoms with Crippen LogP contribution >= 0.6 is 0 Å². The Bertz CT molecular complexity index is 859. The molecule has 0 fully saturated rings. The predicted octanol–water partition coefficient (Wildman–Crippen LogP) is 3.65. The maximum absolute atomic E-state index is 13.0. The van der Waals surface area contributed by atoms with Gasteiger partial charge >= 0.3 is 0 Å². The zero-order valence-electron chi connectivity index (χ0n) is 15.3. The first-order chi connectivity index (χ1) is 12.6. The molecule has 0 amide bonds. The molecule has 3 aromatic rings. The van der Waals surface area contributed by atoms with Gasteiger partial charge in [0.2, 0.25) is 0 Å². The molecule has 0 aliphatic rings. The Kier molecular flexibility index (Phi) is 5.63. The van der Waals surface area contributed by atoms with Crippen LogP contribution in [-0.2, 0) is 13.1 Å². The average Bonchev–Trinajstić information content (AvgIpc) is 3.06. The van der Waals surface area contributed by atoms with Crippen molar-refractivity contribution in [2.24, 2.45) is 0 Å². The van der Waals surface area contributed by atoms with Gasteiger partial charge in [0.05, 0.1) is 13.7 Å². The van der Waals surface area contributed by atoms with Crippen LogP contribution in [0.3, 0.4) is 0 Å². The summed E-state index contributed by atoms with van der Waals surface area (Å²) in [6, 6.07) is 15.7. The minimum Gasteiger partial charge on any atom is -0.497 e. The minimum atomic E-state index is -0.493. The van der Waals surface area contributed by atoms with Gasteiger partial charge in [-0.3, -0.25) is 0 Å².